The molecule has 31 heavy (non-hydrogen) atoms. The number of aryl methyl sites for hydroxylation is 1. The van der Waals surface area contributed by atoms with Crippen molar-refractivity contribution in [3.63, 3.8) is 0 Å². The monoisotopic (exact) mass is 411 g/mol. The van der Waals surface area contributed by atoms with Crippen LogP contribution in [-0.4, -0.2) is 20.4 Å². The van der Waals surface area contributed by atoms with Crippen LogP contribution < -0.4 is 11.1 Å². The summed E-state index contributed by atoms with van der Waals surface area (Å²) in [6, 6.07) is 17.1. The number of rotatable bonds is 5. The third kappa shape index (κ3) is 3.77. The average molecular weight is 412 g/mol. The first-order valence-corrected chi connectivity index (χ1v) is 10.8. The van der Waals surface area contributed by atoms with Gasteiger partial charge in [-0.05, 0) is 56.4 Å². The number of allylic oxidation sites excluding steroid dienone is 2. The summed E-state index contributed by atoms with van der Waals surface area (Å²) in [7, 11) is 0. The number of aromatic nitrogens is 3. The fourth-order valence-corrected chi connectivity index (χ4v) is 4.27. The van der Waals surface area contributed by atoms with E-state index in [1.54, 1.807) is 0 Å². The van der Waals surface area contributed by atoms with Crippen molar-refractivity contribution >= 4 is 39.6 Å². The van der Waals surface area contributed by atoms with Gasteiger partial charge in [0.25, 0.3) is 5.91 Å². The SMILES string of the molecule is Nc1c(C(=O)Nc2ccccc2)c2nc3ccccc3nc2n1CCC1=CCCCC1. The molecule has 2 heterocycles. The Kier molecular flexibility index (Phi) is 5.12. The van der Waals surface area contributed by atoms with E-state index in [2.05, 4.69) is 11.4 Å². The number of fused-ring (bicyclic) bond motifs is 2. The first kappa shape index (κ1) is 19.3. The van der Waals surface area contributed by atoms with Gasteiger partial charge in [-0.2, -0.15) is 0 Å². The predicted molar refractivity (Wildman–Crippen MR) is 125 cm³/mol. The summed E-state index contributed by atoms with van der Waals surface area (Å²) in [5.41, 5.74) is 11.8. The molecule has 6 nitrogen and oxygen atoms in total. The average Bonchev–Trinajstić information content (AvgIpc) is 3.07. The summed E-state index contributed by atoms with van der Waals surface area (Å²) in [5, 5.41) is 2.95. The van der Waals surface area contributed by atoms with Gasteiger partial charge in [-0.3, -0.25) is 4.79 Å². The lowest BCUT2D eigenvalue weighted by molar-refractivity contribution is 0.102. The van der Waals surface area contributed by atoms with Crippen molar-refractivity contribution in [3.8, 4) is 0 Å². The van der Waals surface area contributed by atoms with Crippen molar-refractivity contribution in [1.29, 1.82) is 0 Å². The maximum absolute atomic E-state index is 13.2. The Hall–Kier alpha value is -3.67. The van der Waals surface area contributed by atoms with Crippen LogP contribution in [0.4, 0.5) is 11.5 Å². The normalized spacial score (nSPS) is 14.0. The van der Waals surface area contributed by atoms with Crippen molar-refractivity contribution in [2.45, 2.75) is 38.6 Å². The van der Waals surface area contributed by atoms with Gasteiger partial charge in [-0.25, -0.2) is 9.97 Å². The van der Waals surface area contributed by atoms with Crippen LogP contribution in [0.5, 0.6) is 0 Å². The minimum Gasteiger partial charge on any atom is -0.384 e. The number of benzene rings is 2. The molecule has 156 valence electrons. The van der Waals surface area contributed by atoms with Crippen LogP contribution in [0.3, 0.4) is 0 Å². The van der Waals surface area contributed by atoms with Gasteiger partial charge in [0.2, 0.25) is 0 Å². The van der Waals surface area contributed by atoms with Crippen LogP contribution in [0, 0.1) is 0 Å². The number of amides is 1. The summed E-state index contributed by atoms with van der Waals surface area (Å²) in [4.78, 5) is 22.8. The third-order valence-electron chi connectivity index (χ3n) is 5.89. The minimum absolute atomic E-state index is 0.270. The quantitative estimate of drug-likeness (QED) is 0.436. The fourth-order valence-electron chi connectivity index (χ4n) is 4.27. The molecule has 0 aliphatic heterocycles. The van der Waals surface area contributed by atoms with E-state index >= 15 is 0 Å². The summed E-state index contributed by atoms with van der Waals surface area (Å²) in [5.74, 6) is 0.143. The molecule has 2 aromatic carbocycles. The molecule has 0 unspecified atom stereocenters. The molecule has 0 saturated heterocycles. The van der Waals surface area contributed by atoms with E-state index < -0.39 is 0 Å². The molecule has 6 heteroatoms. The second-order valence-corrected chi connectivity index (χ2v) is 7.97. The van der Waals surface area contributed by atoms with Gasteiger partial charge in [-0.15, -0.1) is 0 Å². The van der Waals surface area contributed by atoms with Crippen LogP contribution in [0.2, 0.25) is 0 Å². The number of nitrogen functional groups attached to an aromatic ring is 1. The maximum atomic E-state index is 13.2. The fraction of sp³-hybridized carbons (Fsp3) is 0.240. The van der Waals surface area contributed by atoms with Crippen molar-refractivity contribution in [3.05, 3.63) is 71.8 Å². The molecule has 1 amide bonds. The van der Waals surface area contributed by atoms with Gasteiger partial charge < -0.3 is 15.6 Å². The number of nitrogens with zero attached hydrogens (tertiary/aromatic N) is 3. The number of hydrogen-bond donors (Lipinski definition) is 2. The number of hydrogen-bond acceptors (Lipinski definition) is 4. The van der Waals surface area contributed by atoms with E-state index in [0.29, 0.717) is 34.8 Å². The van der Waals surface area contributed by atoms with Crippen molar-refractivity contribution in [2.24, 2.45) is 0 Å². The Morgan fingerprint density at radius 3 is 2.48 bits per heavy atom. The molecular weight excluding hydrogens is 386 g/mol. The van der Waals surface area contributed by atoms with Gasteiger partial charge in [0.05, 0.1) is 11.0 Å². The number of nitrogens with one attached hydrogen (secondary N) is 1. The molecule has 4 aromatic rings. The number of nitrogens with two attached hydrogens (primary N) is 1. The van der Waals surface area contributed by atoms with E-state index in [4.69, 9.17) is 15.7 Å². The highest BCUT2D eigenvalue weighted by molar-refractivity contribution is 6.16. The Morgan fingerprint density at radius 1 is 1.00 bits per heavy atom. The highest BCUT2D eigenvalue weighted by Gasteiger charge is 2.24. The molecule has 2 aromatic heterocycles. The van der Waals surface area contributed by atoms with Gasteiger partial charge in [-0.1, -0.05) is 42.0 Å². The maximum Gasteiger partial charge on any atom is 0.261 e. The summed E-state index contributed by atoms with van der Waals surface area (Å²) in [6.07, 6.45) is 8.03. The molecule has 1 aliphatic rings. The lowest BCUT2D eigenvalue weighted by Gasteiger charge is -2.14. The Labute approximate surface area is 180 Å². The van der Waals surface area contributed by atoms with Gasteiger partial charge in [0.1, 0.15) is 16.9 Å². The zero-order chi connectivity index (χ0) is 21.2. The van der Waals surface area contributed by atoms with Gasteiger partial charge >= 0.3 is 0 Å². The zero-order valence-electron chi connectivity index (χ0n) is 17.3. The number of anilines is 2. The second kappa shape index (κ2) is 8.22. The first-order chi connectivity index (χ1) is 15.2. The molecule has 3 N–H and O–H groups in total. The van der Waals surface area contributed by atoms with Crippen molar-refractivity contribution in [2.75, 3.05) is 11.1 Å². The summed E-state index contributed by atoms with van der Waals surface area (Å²) in [6.45, 7) is 0.680. The number of para-hydroxylation sites is 3. The van der Waals surface area contributed by atoms with Crippen LogP contribution in [-0.2, 0) is 6.54 Å². The molecule has 0 bridgehead atoms. The van der Waals surface area contributed by atoms with Crippen LogP contribution in [0.25, 0.3) is 22.2 Å². The molecule has 5 rings (SSSR count). The molecule has 0 spiro atoms. The predicted octanol–water partition coefficient (Wildman–Crippen LogP) is 5.31. The Morgan fingerprint density at radius 2 is 1.74 bits per heavy atom. The Balaban J connectivity index is 1.59. The van der Waals surface area contributed by atoms with Crippen LogP contribution in [0.15, 0.2) is 66.2 Å². The van der Waals surface area contributed by atoms with E-state index in [9.17, 15) is 4.79 Å². The first-order valence-electron chi connectivity index (χ1n) is 10.8. The molecule has 0 saturated carbocycles. The zero-order valence-corrected chi connectivity index (χ0v) is 17.3. The number of carbonyl (C=O) groups is 1. The molecule has 0 fully saturated rings. The standard InChI is InChI=1S/C25H25N5O/c26-23-21(25(31)27-18-11-5-2-6-12-18)22-24(29-20-14-8-7-13-19(20)28-22)30(23)16-15-17-9-3-1-4-10-17/h2,5-9,11-14H,1,3-4,10,15-16,26H2,(H,27,31). The summed E-state index contributed by atoms with van der Waals surface area (Å²) >= 11 is 0. The smallest absolute Gasteiger partial charge is 0.261 e. The highest BCUT2D eigenvalue weighted by Crippen LogP contribution is 2.30. The molecule has 0 atom stereocenters. The van der Waals surface area contributed by atoms with E-state index in [1.807, 2.05) is 59.2 Å². The van der Waals surface area contributed by atoms with Gasteiger partial charge in [0, 0.05) is 12.2 Å². The number of carbonyl (C=O) groups excluding carboxylic acids is 1. The third-order valence-corrected chi connectivity index (χ3v) is 5.89. The van der Waals surface area contributed by atoms with E-state index in [-0.39, 0.29) is 5.91 Å². The second-order valence-electron chi connectivity index (χ2n) is 7.97. The molecule has 0 radical (unpaired) electrons. The summed E-state index contributed by atoms with van der Waals surface area (Å²) < 4.78 is 1.95. The lowest BCUT2D eigenvalue weighted by atomic mass is 9.97. The minimum atomic E-state index is -0.270. The van der Waals surface area contributed by atoms with Crippen LogP contribution in [0.1, 0.15) is 42.5 Å². The lowest BCUT2D eigenvalue weighted by Crippen LogP contribution is -2.15. The van der Waals surface area contributed by atoms with E-state index in [1.165, 1.54) is 18.4 Å². The topological polar surface area (TPSA) is 85.8 Å². The van der Waals surface area contributed by atoms with Crippen LogP contribution >= 0.6 is 0 Å². The Bertz CT molecular complexity index is 1290. The van der Waals surface area contributed by atoms with Gasteiger partial charge in [0.15, 0.2) is 5.65 Å². The van der Waals surface area contributed by atoms with Crippen molar-refractivity contribution in [1.82, 2.24) is 14.5 Å². The van der Waals surface area contributed by atoms with Crippen molar-refractivity contribution < 1.29 is 4.79 Å². The molecule has 1 aliphatic carbocycles. The highest BCUT2D eigenvalue weighted by atomic mass is 16.1. The van der Waals surface area contributed by atoms with E-state index in [0.717, 1.165) is 30.3 Å². The molecular formula is C25H25N5O. The largest absolute Gasteiger partial charge is 0.384 e.